The lowest BCUT2D eigenvalue weighted by molar-refractivity contribution is 0.660. The van der Waals surface area contributed by atoms with Crippen LogP contribution in [0.25, 0.3) is 90.2 Å². The monoisotopic (exact) mass is 763 g/mol. The molecule has 0 spiro atoms. The van der Waals surface area contributed by atoms with Gasteiger partial charge in [0, 0.05) is 59.4 Å². The van der Waals surface area contributed by atoms with Crippen LogP contribution in [0.15, 0.2) is 164 Å². The van der Waals surface area contributed by atoms with E-state index in [1.54, 1.807) is 11.3 Å². The molecule has 0 bridgehead atoms. The van der Waals surface area contributed by atoms with E-state index in [1.807, 2.05) is 11.3 Å². The minimum Gasteiger partial charge on any atom is -0.309 e. The Morgan fingerprint density at radius 3 is 2.16 bits per heavy atom. The summed E-state index contributed by atoms with van der Waals surface area (Å²) in [5.74, 6) is 0. The van der Waals surface area contributed by atoms with E-state index < -0.39 is 0 Å². The lowest BCUT2D eigenvalue weighted by Crippen LogP contribution is -2.16. The molecule has 1 aliphatic rings. The molecule has 12 aromatic rings. The number of hydrogen-bond donors (Lipinski definition) is 0. The molecule has 0 amide bonds. The fraction of sp³-hybridized carbons (Fsp3) is 0.0577. The molecule has 268 valence electrons. The number of anilines is 3. The van der Waals surface area contributed by atoms with Crippen molar-refractivity contribution in [2.75, 3.05) is 4.90 Å². The summed E-state index contributed by atoms with van der Waals surface area (Å²) in [6.45, 7) is 4.74. The van der Waals surface area contributed by atoms with Gasteiger partial charge in [-0.15, -0.1) is 22.7 Å². The fourth-order valence-electron chi connectivity index (χ4n) is 9.94. The second kappa shape index (κ2) is 11.3. The quantitative estimate of drug-likeness (QED) is 0.178. The Morgan fingerprint density at radius 2 is 1.25 bits per heavy atom. The smallest absolute Gasteiger partial charge is 0.124 e. The van der Waals surface area contributed by atoms with Crippen LogP contribution in [-0.4, -0.2) is 9.38 Å². The Bertz CT molecular complexity index is 3620. The van der Waals surface area contributed by atoms with Crippen molar-refractivity contribution < 1.29 is 0 Å². The molecule has 0 N–H and O–H groups in total. The molecule has 5 heteroatoms. The van der Waals surface area contributed by atoms with Crippen molar-refractivity contribution in [2.24, 2.45) is 0 Å². The van der Waals surface area contributed by atoms with Gasteiger partial charge in [0.1, 0.15) is 5.01 Å². The average molecular weight is 764 g/mol. The van der Waals surface area contributed by atoms with Crippen molar-refractivity contribution in [3.8, 4) is 21.7 Å². The van der Waals surface area contributed by atoms with E-state index in [9.17, 15) is 0 Å². The normalized spacial score (nSPS) is 13.6. The van der Waals surface area contributed by atoms with Gasteiger partial charge < -0.3 is 9.30 Å². The van der Waals surface area contributed by atoms with Crippen molar-refractivity contribution in [2.45, 2.75) is 19.3 Å². The van der Waals surface area contributed by atoms with Gasteiger partial charge in [-0.2, -0.15) is 0 Å². The summed E-state index contributed by atoms with van der Waals surface area (Å²) in [7, 11) is 0. The minimum absolute atomic E-state index is 0.121. The SMILES string of the molecule is CC1(C)c2ccccc2-c2ccc(N(c3ccc4c(c3)c3c5sc(-c6ccccc6)nc5cc5c6ccccc6n4c53)c3cccc4c3sc3ccccc34)cc21. The van der Waals surface area contributed by atoms with Gasteiger partial charge in [-0.3, -0.25) is 0 Å². The highest BCUT2D eigenvalue weighted by Crippen LogP contribution is 2.53. The maximum atomic E-state index is 5.30. The van der Waals surface area contributed by atoms with E-state index in [0.29, 0.717) is 0 Å². The standard InChI is InChI=1S/C52H33N3S2/c1-52(2)40-19-9-6-15-33(40)34-25-23-32(28-41(34)52)54(45-21-12-18-37-36-17-8-11-22-46(36)56-49(37)45)31-24-26-44-39(27-31)47-48-38(35-16-7-10-20-43(35)55(44)48)29-42-50(47)57-51(53-42)30-13-4-3-5-14-30/h3-29H,1-2H3. The summed E-state index contributed by atoms with van der Waals surface area (Å²) < 4.78 is 6.32. The van der Waals surface area contributed by atoms with Gasteiger partial charge >= 0.3 is 0 Å². The number of para-hydroxylation sites is 1. The van der Waals surface area contributed by atoms with Crippen LogP contribution in [0.3, 0.4) is 0 Å². The summed E-state index contributed by atoms with van der Waals surface area (Å²) in [5, 5.41) is 8.69. The molecule has 8 aromatic carbocycles. The number of aromatic nitrogens is 2. The number of hydrogen-bond acceptors (Lipinski definition) is 4. The van der Waals surface area contributed by atoms with E-state index in [-0.39, 0.29) is 5.41 Å². The highest BCUT2D eigenvalue weighted by Gasteiger charge is 2.36. The zero-order valence-electron chi connectivity index (χ0n) is 31.2. The van der Waals surface area contributed by atoms with Gasteiger partial charge in [0.15, 0.2) is 0 Å². The number of thiazole rings is 1. The molecule has 0 saturated carbocycles. The van der Waals surface area contributed by atoms with E-state index in [4.69, 9.17) is 4.98 Å². The third-order valence-electron chi connectivity index (χ3n) is 12.5. The minimum atomic E-state index is -0.121. The molecule has 0 saturated heterocycles. The molecule has 57 heavy (non-hydrogen) atoms. The van der Waals surface area contributed by atoms with Gasteiger partial charge in [0.2, 0.25) is 0 Å². The van der Waals surface area contributed by atoms with E-state index in [2.05, 4.69) is 187 Å². The maximum Gasteiger partial charge on any atom is 0.124 e. The summed E-state index contributed by atoms with van der Waals surface area (Å²) in [5.41, 5.74) is 14.7. The molecule has 0 atom stereocenters. The topological polar surface area (TPSA) is 20.5 Å². The Balaban J connectivity index is 1.12. The fourth-order valence-corrected chi connectivity index (χ4v) is 12.3. The Kier molecular flexibility index (Phi) is 6.27. The average Bonchev–Trinajstić information content (AvgIpc) is 4.05. The predicted molar refractivity (Wildman–Crippen MR) is 245 cm³/mol. The highest BCUT2D eigenvalue weighted by molar-refractivity contribution is 7.26. The van der Waals surface area contributed by atoms with Gasteiger partial charge in [-0.05, 0) is 76.9 Å². The summed E-state index contributed by atoms with van der Waals surface area (Å²) >= 11 is 3.69. The first-order valence-electron chi connectivity index (χ1n) is 19.5. The lowest BCUT2D eigenvalue weighted by Gasteiger charge is -2.28. The van der Waals surface area contributed by atoms with Crippen molar-refractivity contribution in [3.63, 3.8) is 0 Å². The van der Waals surface area contributed by atoms with Crippen molar-refractivity contribution in [1.82, 2.24) is 9.38 Å². The van der Waals surface area contributed by atoms with Crippen LogP contribution in [-0.2, 0) is 5.41 Å². The number of thiophene rings is 1. The molecular formula is C52H33N3S2. The molecule has 13 rings (SSSR count). The van der Waals surface area contributed by atoms with E-state index in [0.717, 1.165) is 27.5 Å². The van der Waals surface area contributed by atoms with Crippen LogP contribution in [0.4, 0.5) is 17.1 Å². The van der Waals surface area contributed by atoms with Crippen LogP contribution in [0, 0.1) is 0 Å². The molecule has 4 aromatic heterocycles. The van der Waals surface area contributed by atoms with Crippen molar-refractivity contribution in [1.29, 1.82) is 0 Å². The summed E-state index contributed by atoms with van der Waals surface area (Å²) in [4.78, 5) is 7.81. The molecule has 3 nitrogen and oxygen atoms in total. The number of fused-ring (bicyclic) bond motifs is 14. The second-order valence-corrected chi connectivity index (χ2v) is 18.0. The van der Waals surface area contributed by atoms with Crippen LogP contribution >= 0.6 is 22.7 Å². The molecular weight excluding hydrogens is 731 g/mol. The third kappa shape index (κ3) is 4.22. The first kappa shape index (κ1) is 31.7. The van der Waals surface area contributed by atoms with Gasteiger partial charge in [-0.25, -0.2) is 4.98 Å². The molecule has 0 radical (unpaired) electrons. The molecule has 0 fully saturated rings. The van der Waals surface area contributed by atoms with Crippen molar-refractivity contribution >= 4 is 108 Å². The molecule has 0 unspecified atom stereocenters. The first-order valence-corrected chi connectivity index (χ1v) is 21.2. The number of benzene rings is 8. The largest absolute Gasteiger partial charge is 0.309 e. The molecule has 1 aliphatic carbocycles. The third-order valence-corrected chi connectivity index (χ3v) is 14.9. The highest BCUT2D eigenvalue weighted by atomic mass is 32.1. The summed E-state index contributed by atoms with van der Waals surface area (Å²) in [6, 6.07) is 60.6. The van der Waals surface area contributed by atoms with Gasteiger partial charge in [0.25, 0.3) is 0 Å². The Hall–Kier alpha value is -6.53. The number of nitrogens with zero attached hydrogens (tertiary/aromatic N) is 3. The molecule has 4 heterocycles. The van der Waals surface area contributed by atoms with Gasteiger partial charge in [0.05, 0.1) is 37.2 Å². The number of rotatable bonds is 4. The Labute approximate surface area is 336 Å². The van der Waals surface area contributed by atoms with Crippen molar-refractivity contribution in [3.05, 3.63) is 175 Å². The summed E-state index contributed by atoms with van der Waals surface area (Å²) in [6.07, 6.45) is 0. The zero-order chi connectivity index (χ0) is 37.6. The molecule has 0 aliphatic heterocycles. The van der Waals surface area contributed by atoms with Crippen LogP contribution in [0.2, 0.25) is 0 Å². The Morgan fingerprint density at radius 1 is 0.526 bits per heavy atom. The second-order valence-electron chi connectivity index (χ2n) is 15.9. The van der Waals surface area contributed by atoms with E-state index in [1.165, 1.54) is 90.9 Å². The van der Waals surface area contributed by atoms with Crippen LogP contribution in [0.5, 0.6) is 0 Å². The van der Waals surface area contributed by atoms with Crippen LogP contribution < -0.4 is 4.90 Å². The maximum absolute atomic E-state index is 5.30. The van der Waals surface area contributed by atoms with E-state index >= 15 is 0 Å². The van der Waals surface area contributed by atoms with Gasteiger partial charge in [-0.1, -0.05) is 123 Å². The first-order chi connectivity index (χ1) is 28.0. The lowest BCUT2D eigenvalue weighted by atomic mass is 9.82. The van der Waals surface area contributed by atoms with Crippen LogP contribution in [0.1, 0.15) is 25.0 Å². The predicted octanol–water partition coefficient (Wildman–Crippen LogP) is 15.3. The zero-order valence-corrected chi connectivity index (χ0v) is 32.9.